The summed E-state index contributed by atoms with van der Waals surface area (Å²) < 4.78 is 0. The van der Waals surface area contributed by atoms with Gasteiger partial charge in [0, 0.05) is 5.92 Å². The maximum Gasteiger partial charge on any atom is 0.00285 e. The van der Waals surface area contributed by atoms with Gasteiger partial charge in [-0.2, -0.15) is 0 Å². The Bertz CT molecular complexity index is 276. The van der Waals surface area contributed by atoms with E-state index in [9.17, 15) is 0 Å². The van der Waals surface area contributed by atoms with Gasteiger partial charge in [0.25, 0.3) is 0 Å². The van der Waals surface area contributed by atoms with Crippen molar-refractivity contribution in [3.8, 4) is 0 Å². The van der Waals surface area contributed by atoms with Crippen LogP contribution in [0.3, 0.4) is 0 Å². The standard InChI is InChI=1S/C14H22/c1-11(2)8-9-13-12(3)7-6-10-14(13,4)5/h7-9,13H,1,6,10H2,2-5H3/b9-8+. The van der Waals surface area contributed by atoms with Crippen LogP contribution in [0.2, 0.25) is 0 Å². The zero-order chi connectivity index (χ0) is 10.8. The SMILES string of the molecule is C=C(C)/C=C/C1C(C)=CCCC1(C)C. The molecule has 0 nitrogen and oxygen atoms in total. The first-order chi connectivity index (χ1) is 6.43. The van der Waals surface area contributed by atoms with Gasteiger partial charge >= 0.3 is 0 Å². The number of allylic oxidation sites excluding steroid dienone is 5. The highest BCUT2D eigenvalue weighted by molar-refractivity contribution is 5.22. The lowest BCUT2D eigenvalue weighted by Gasteiger charge is -2.36. The predicted octanol–water partition coefficient (Wildman–Crippen LogP) is 4.50. The Morgan fingerprint density at radius 2 is 2.21 bits per heavy atom. The maximum atomic E-state index is 3.91. The molecule has 0 fully saturated rings. The molecule has 0 amide bonds. The van der Waals surface area contributed by atoms with Crippen molar-refractivity contribution in [1.82, 2.24) is 0 Å². The van der Waals surface area contributed by atoms with Gasteiger partial charge in [-0.25, -0.2) is 0 Å². The first kappa shape index (κ1) is 11.3. The quantitative estimate of drug-likeness (QED) is 0.444. The minimum Gasteiger partial charge on any atom is -0.0961 e. The van der Waals surface area contributed by atoms with Gasteiger partial charge in [0.15, 0.2) is 0 Å². The lowest BCUT2D eigenvalue weighted by molar-refractivity contribution is 0.255. The highest BCUT2D eigenvalue weighted by Crippen LogP contribution is 2.41. The minimum absolute atomic E-state index is 0.408. The van der Waals surface area contributed by atoms with Crippen molar-refractivity contribution in [2.45, 2.75) is 40.5 Å². The van der Waals surface area contributed by atoms with Gasteiger partial charge in [0.2, 0.25) is 0 Å². The van der Waals surface area contributed by atoms with Crippen molar-refractivity contribution in [3.05, 3.63) is 36.0 Å². The van der Waals surface area contributed by atoms with E-state index in [2.05, 4.69) is 45.6 Å². The van der Waals surface area contributed by atoms with Crippen LogP contribution in [0.25, 0.3) is 0 Å². The summed E-state index contributed by atoms with van der Waals surface area (Å²) in [5.41, 5.74) is 3.06. The first-order valence-electron chi connectivity index (χ1n) is 5.44. The fraction of sp³-hybridized carbons (Fsp3) is 0.571. The molecule has 0 N–H and O–H groups in total. The Morgan fingerprint density at radius 3 is 2.71 bits per heavy atom. The Kier molecular flexibility index (Phi) is 3.36. The van der Waals surface area contributed by atoms with Crippen molar-refractivity contribution >= 4 is 0 Å². The van der Waals surface area contributed by atoms with Crippen LogP contribution in [0.1, 0.15) is 40.5 Å². The summed E-state index contributed by atoms with van der Waals surface area (Å²) in [6.45, 7) is 12.9. The van der Waals surface area contributed by atoms with E-state index in [-0.39, 0.29) is 0 Å². The summed E-state index contributed by atoms with van der Waals surface area (Å²) >= 11 is 0. The first-order valence-corrected chi connectivity index (χ1v) is 5.44. The molecule has 0 aliphatic heterocycles. The summed E-state index contributed by atoms with van der Waals surface area (Å²) in [4.78, 5) is 0. The van der Waals surface area contributed by atoms with Gasteiger partial charge in [-0.3, -0.25) is 0 Å². The molecule has 0 bridgehead atoms. The molecule has 0 spiro atoms. The van der Waals surface area contributed by atoms with E-state index in [1.807, 2.05) is 6.92 Å². The van der Waals surface area contributed by atoms with E-state index in [4.69, 9.17) is 0 Å². The second-order valence-corrected chi connectivity index (χ2v) is 5.16. The van der Waals surface area contributed by atoms with Crippen LogP contribution >= 0.6 is 0 Å². The fourth-order valence-electron chi connectivity index (χ4n) is 2.24. The number of rotatable bonds is 2. The lowest BCUT2D eigenvalue weighted by Crippen LogP contribution is -2.26. The summed E-state index contributed by atoms with van der Waals surface area (Å²) in [6, 6.07) is 0. The fourth-order valence-corrected chi connectivity index (χ4v) is 2.24. The summed E-state index contributed by atoms with van der Waals surface area (Å²) in [7, 11) is 0. The normalized spacial score (nSPS) is 26.3. The molecule has 1 rings (SSSR count). The third-order valence-electron chi connectivity index (χ3n) is 3.16. The van der Waals surface area contributed by atoms with Crippen LogP contribution in [0.5, 0.6) is 0 Å². The van der Waals surface area contributed by atoms with Crippen LogP contribution in [-0.2, 0) is 0 Å². The molecule has 1 atom stereocenters. The molecule has 0 aromatic rings. The van der Waals surface area contributed by atoms with Crippen LogP contribution in [0.15, 0.2) is 36.0 Å². The Hall–Kier alpha value is -0.780. The zero-order valence-electron chi connectivity index (χ0n) is 9.93. The van der Waals surface area contributed by atoms with Crippen LogP contribution in [-0.4, -0.2) is 0 Å². The van der Waals surface area contributed by atoms with E-state index in [1.54, 1.807) is 0 Å². The smallest absolute Gasteiger partial charge is 0.00285 e. The van der Waals surface area contributed by atoms with Crippen LogP contribution in [0, 0.1) is 11.3 Å². The molecule has 78 valence electrons. The average molecular weight is 190 g/mol. The Balaban J connectivity index is 2.86. The van der Waals surface area contributed by atoms with Crippen molar-refractivity contribution < 1.29 is 0 Å². The molecule has 14 heavy (non-hydrogen) atoms. The Labute approximate surface area is 88.4 Å². The summed E-state index contributed by atoms with van der Waals surface area (Å²) in [5.74, 6) is 0.591. The highest BCUT2D eigenvalue weighted by atomic mass is 14.3. The van der Waals surface area contributed by atoms with E-state index in [0.717, 1.165) is 5.57 Å². The molecule has 0 aromatic heterocycles. The molecule has 1 unspecified atom stereocenters. The van der Waals surface area contributed by atoms with Crippen molar-refractivity contribution in [3.63, 3.8) is 0 Å². The second-order valence-electron chi connectivity index (χ2n) is 5.16. The number of hydrogen-bond acceptors (Lipinski definition) is 0. The van der Waals surface area contributed by atoms with Crippen molar-refractivity contribution in [2.75, 3.05) is 0 Å². The van der Waals surface area contributed by atoms with Gasteiger partial charge in [0.05, 0.1) is 0 Å². The molecule has 0 saturated heterocycles. The summed E-state index contributed by atoms with van der Waals surface area (Å²) in [6.07, 6.45) is 9.35. The van der Waals surface area contributed by atoms with E-state index < -0.39 is 0 Å². The molecule has 0 saturated carbocycles. The van der Waals surface area contributed by atoms with E-state index >= 15 is 0 Å². The van der Waals surface area contributed by atoms with Crippen molar-refractivity contribution in [2.24, 2.45) is 11.3 Å². The summed E-state index contributed by atoms with van der Waals surface area (Å²) in [5, 5.41) is 0. The molecule has 0 radical (unpaired) electrons. The van der Waals surface area contributed by atoms with Gasteiger partial charge in [-0.1, -0.05) is 49.8 Å². The molecule has 0 heterocycles. The van der Waals surface area contributed by atoms with E-state index in [0.29, 0.717) is 11.3 Å². The molecular weight excluding hydrogens is 168 g/mol. The zero-order valence-corrected chi connectivity index (χ0v) is 9.93. The van der Waals surface area contributed by atoms with Crippen LogP contribution in [0.4, 0.5) is 0 Å². The monoisotopic (exact) mass is 190 g/mol. The van der Waals surface area contributed by atoms with Gasteiger partial charge < -0.3 is 0 Å². The highest BCUT2D eigenvalue weighted by Gasteiger charge is 2.30. The lowest BCUT2D eigenvalue weighted by atomic mass is 9.68. The topological polar surface area (TPSA) is 0 Å². The molecule has 1 aliphatic carbocycles. The third kappa shape index (κ3) is 2.60. The van der Waals surface area contributed by atoms with Gasteiger partial charge in [-0.15, -0.1) is 0 Å². The van der Waals surface area contributed by atoms with Crippen molar-refractivity contribution in [1.29, 1.82) is 0 Å². The average Bonchev–Trinajstić information content (AvgIpc) is 2.01. The van der Waals surface area contributed by atoms with E-state index in [1.165, 1.54) is 18.4 Å². The van der Waals surface area contributed by atoms with Crippen LogP contribution < -0.4 is 0 Å². The molecule has 0 heteroatoms. The van der Waals surface area contributed by atoms with Gasteiger partial charge in [-0.05, 0) is 32.1 Å². The third-order valence-corrected chi connectivity index (χ3v) is 3.16. The maximum absolute atomic E-state index is 3.91. The molecular formula is C14H22. The minimum atomic E-state index is 0.408. The largest absolute Gasteiger partial charge is 0.0961 e. The van der Waals surface area contributed by atoms with Gasteiger partial charge in [0.1, 0.15) is 0 Å². The number of hydrogen-bond donors (Lipinski definition) is 0. The Morgan fingerprint density at radius 1 is 1.57 bits per heavy atom. The molecule has 0 aromatic carbocycles. The molecule has 1 aliphatic rings. The predicted molar refractivity (Wildman–Crippen MR) is 64.2 cm³/mol. The second kappa shape index (κ2) is 4.16.